The normalized spacial score (nSPS) is 12.7. The van der Waals surface area contributed by atoms with Crippen LogP contribution in [0.2, 0.25) is 0 Å². The highest BCUT2D eigenvalue weighted by molar-refractivity contribution is 5.76. The van der Waals surface area contributed by atoms with E-state index < -0.39 is 12.1 Å². The maximum Gasteiger partial charge on any atom is 0.305 e. The van der Waals surface area contributed by atoms with Gasteiger partial charge in [0.25, 0.3) is 0 Å². The number of aliphatic hydroxyl groups is 2. The number of nitrogens with one attached hydrogen (secondary N) is 1. The Morgan fingerprint density at radius 3 is 0.938 bits per heavy atom. The summed E-state index contributed by atoms with van der Waals surface area (Å²) < 4.78 is 5.49. The molecule has 81 heavy (non-hydrogen) atoms. The van der Waals surface area contributed by atoms with Crippen molar-refractivity contribution in [2.45, 2.75) is 418 Å². The predicted octanol–water partition coefficient (Wildman–Crippen LogP) is 23.9. The number of ether oxygens (including phenoxy) is 1. The van der Waals surface area contributed by atoms with Crippen molar-refractivity contribution in [2.24, 2.45) is 0 Å². The Hall–Kier alpha value is -1.92. The molecular weight excluding hydrogens is 995 g/mol. The molecule has 2 unspecified atom stereocenters. The van der Waals surface area contributed by atoms with Gasteiger partial charge in [-0.3, -0.25) is 9.59 Å². The lowest BCUT2D eigenvalue weighted by atomic mass is 10.0. The van der Waals surface area contributed by atoms with E-state index in [1.807, 2.05) is 6.08 Å². The molecule has 0 saturated heterocycles. The van der Waals surface area contributed by atoms with Crippen LogP contribution >= 0.6 is 0 Å². The Labute approximate surface area is 506 Å². The van der Waals surface area contributed by atoms with Gasteiger partial charge in [0.15, 0.2) is 0 Å². The van der Waals surface area contributed by atoms with Crippen molar-refractivity contribution in [3.05, 3.63) is 36.5 Å². The fourth-order valence-corrected chi connectivity index (χ4v) is 11.6. The van der Waals surface area contributed by atoms with E-state index >= 15 is 0 Å². The molecule has 0 aromatic carbocycles. The average molecular weight is 1140 g/mol. The molecule has 0 aliphatic carbocycles. The lowest BCUT2D eigenvalue weighted by Gasteiger charge is -2.20. The van der Waals surface area contributed by atoms with E-state index in [0.717, 1.165) is 44.9 Å². The van der Waals surface area contributed by atoms with E-state index in [4.69, 9.17) is 4.74 Å². The monoisotopic (exact) mass is 1140 g/mol. The van der Waals surface area contributed by atoms with Gasteiger partial charge in [-0.2, -0.15) is 0 Å². The van der Waals surface area contributed by atoms with Crippen molar-refractivity contribution < 1.29 is 24.5 Å². The summed E-state index contributed by atoms with van der Waals surface area (Å²) in [4.78, 5) is 24.5. The van der Waals surface area contributed by atoms with Gasteiger partial charge in [-0.25, -0.2) is 0 Å². The van der Waals surface area contributed by atoms with Gasteiger partial charge in [-0.05, 0) is 64.2 Å². The molecule has 0 aliphatic rings. The SMILES string of the molecule is CCCCCCCCCCCCCC/C=C/C(O)C(CO)NC(=O)CCCCCCCCCCCCCCCCCCC/C=C\C/C=C\CCCCCCCCCCCCCCCOC(=O)CCCCCCCCCCCCCCC. The van der Waals surface area contributed by atoms with E-state index in [1.165, 1.54) is 334 Å². The van der Waals surface area contributed by atoms with E-state index in [1.54, 1.807) is 6.08 Å². The van der Waals surface area contributed by atoms with Crippen molar-refractivity contribution in [1.29, 1.82) is 0 Å². The minimum absolute atomic E-state index is 0.0205. The van der Waals surface area contributed by atoms with E-state index in [0.29, 0.717) is 19.4 Å². The number of amides is 1. The predicted molar refractivity (Wildman–Crippen MR) is 356 cm³/mol. The fraction of sp³-hybridized carbons (Fsp3) is 0.893. The van der Waals surface area contributed by atoms with Gasteiger partial charge in [0.2, 0.25) is 5.91 Å². The Bertz CT molecular complexity index is 1310. The van der Waals surface area contributed by atoms with Gasteiger partial charge in [-0.15, -0.1) is 0 Å². The van der Waals surface area contributed by atoms with Gasteiger partial charge < -0.3 is 20.3 Å². The second-order valence-electron chi connectivity index (χ2n) is 25.3. The number of carbonyl (C=O) groups excluding carboxylic acids is 2. The van der Waals surface area contributed by atoms with Crippen molar-refractivity contribution in [1.82, 2.24) is 5.32 Å². The number of aliphatic hydroxyl groups excluding tert-OH is 2. The van der Waals surface area contributed by atoms with Crippen LogP contribution in [0.15, 0.2) is 36.5 Å². The molecule has 2 atom stereocenters. The standard InChI is InChI=1S/C75H143NO5/c1-3-5-7-9-11-13-15-17-44-47-51-55-59-63-67-73(78)72(71-77)76-74(79)68-64-60-56-52-48-45-41-39-37-35-33-31-29-27-25-23-21-19-18-20-22-24-26-28-30-32-34-36-38-40-42-46-50-54-58-62-66-70-81-75(80)69-65-61-57-53-49-43-16-14-12-10-8-6-4-2/h18,20,24,26,63,67,72-73,77-78H,3-17,19,21-23,25,27-62,64-66,68-71H2,1-2H3,(H,76,79)/b20-18-,26-24-,67-63+. The Morgan fingerprint density at radius 1 is 0.346 bits per heavy atom. The second-order valence-corrected chi connectivity index (χ2v) is 25.3. The van der Waals surface area contributed by atoms with Gasteiger partial charge >= 0.3 is 5.97 Å². The number of rotatable bonds is 69. The summed E-state index contributed by atoms with van der Waals surface area (Å²) in [6, 6.07) is -0.625. The third kappa shape index (κ3) is 67.1. The first-order valence-corrected chi connectivity index (χ1v) is 36.8. The second kappa shape index (κ2) is 70.6. The molecule has 0 aromatic rings. The van der Waals surface area contributed by atoms with Gasteiger partial charge in [0.1, 0.15) is 0 Å². The van der Waals surface area contributed by atoms with E-state index in [-0.39, 0.29) is 18.5 Å². The lowest BCUT2D eigenvalue weighted by molar-refractivity contribution is -0.143. The maximum atomic E-state index is 12.5. The topological polar surface area (TPSA) is 95.9 Å². The first-order chi connectivity index (χ1) is 40.0. The largest absolute Gasteiger partial charge is 0.466 e. The Balaban J connectivity index is 3.36. The van der Waals surface area contributed by atoms with Crippen LogP contribution in [0.4, 0.5) is 0 Å². The third-order valence-electron chi connectivity index (χ3n) is 17.2. The van der Waals surface area contributed by atoms with E-state index in [2.05, 4.69) is 43.5 Å². The van der Waals surface area contributed by atoms with Crippen molar-refractivity contribution in [3.8, 4) is 0 Å². The molecule has 0 aliphatic heterocycles. The summed E-state index contributed by atoms with van der Waals surface area (Å²) >= 11 is 0. The summed E-state index contributed by atoms with van der Waals surface area (Å²) in [5, 5.41) is 23.1. The van der Waals surface area contributed by atoms with Crippen molar-refractivity contribution in [2.75, 3.05) is 13.2 Å². The molecule has 0 fully saturated rings. The number of hydrogen-bond acceptors (Lipinski definition) is 5. The highest BCUT2D eigenvalue weighted by atomic mass is 16.5. The zero-order chi connectivity index (χ0) is 58.5. The van der Waals surface area contributed by atoms with Crippen LogP contribution < -0.4 is 5.32 Å². The summed E-state index contributed by atoms with van der Waals surface area (Å²) in [7, 11) is 0. The highest BCUT2D eigenvalue weighted by Crippen LogP contribution is 2.19. The molecule has 3 N–H and O–H groups in total. The fourth-order valence-electron chi connectivity index (χ4n) is 11.6. The van der Waals surface area contributed by atoms with E-state index in [9.17, 15) is 19.8 Å². The molecule has 0 bridgehead atoms. The molecular formula is C75H143NO5. The minimum Gasteiger partial charge on any atom is -0.466 e. The Morgan fingerprint density at radius 2 is 0.617 bits per heavy atom. The number of carbonyl (C=O) groups is 2. The maximum absolute atomic E-state index is 12.5. The number of unbranched alkanes of at least 4 members (excludes halogenated alkanes) is 54. The van der Waals surface area contributed by atoms with Crippen LogP contribution in [0.1, 0.15) is 406 Å². The van der Waals surface area contributed by atoms with Gasteiger partial charge in [-0.1, -0.05) is 365 Å². The third-order valence-corrected chi connectivity index (χ3v) is 17.2. The van der Waals surface area contributed by atoms with Crippen molar-refractivity contribution in [3.63, 3.8) is 0 Å². The van der Waals surface area contributed by atoms with Crippen LogP contribution in [-0.4, -0.2) is 47.4 Å². The molecule has 0 spiro atoms. The lowest BCUT2D eigenvalue weighted by Crippen LogP contribution is -2.45. The smallest absolute Gasteiger partial charge is 0.305 e. The Kier molecular flexibility index (Phi) is 68.9. The van der Waals surface area contributed by atoms with Gasteiger partial charge in [0.05, 0.1) is 25.4 Å². The minimum atomic E-state index is -0.842. The van der Waals surface area contributed by atoms with Crippen LogP contribution in [0.5, 0.6) is 0 Å². The number of esters is 1. The summed E-state index contributed by atoms with van der Waals surface area (Å²) in [5.41, 5.74) is 0. The van der Waals surface area contributed by atoms with Crippen LogP contribution in [0.25, 0.3) is 0 Å². The zero-order valence-corrected chi connectivity index (χ0v) is 54.8. The van der Waals surface area contributed by atoms with Crippen molar-refractivity contribution >= 4 is 11.9 Å². The van der Waals surface area contributed by atoms with Gasteiger partial charge in [0, 0.05) is 12.8 Å². The molecule has 0 radical (unpaired) electrons. The summed E-state index contributed by atoms with van der Waals surface area (Å²) in [6.07, 6.45) is 91.1. The van der Waals surface area contributed by atoms with Crippen LogP contribution in [-0.2, 0) is 14.3 Å². The number of allylic oxidation sites excluding steroid dienone is 5. The molecule has 0 aromatic heterocycles. The molecule has 478 valence electrons. The molecule has 0 rings (SSSR count). The highest BCUT2D eigenvalue weighted by Gasteiger charge is 2.18. The zero-order valence-electron chi connectivity index (χ0n) is 54.8. The molecule has 0 saturated carbocycles. The summed E-state index contributed by atoms with van der Waals surface area (Å²) in [5.74, 6) is -0.0428. The summed E-state index contributed by atoms with van der Waals surface area (Å²) in [6.45, 7) is 4.93. The number of hydrogen-bond donors (Lipinski definition) is 3. The first-order valence-electron chi connectivity index (χ1n) is 36.8. The molecule has 6 nitrogen and oxygen atoms in total. The van der Waals surface area contributed by atoms with Crippen LogP contribution in [0.3, 0.4) is 0 Å². The van der Waals surface area contributed by atoms with Crippen LogP contribution in [0, 0.1) is 0 Å². The molecule has 6 heteroatoms. The first kappa shape index (κ1) is 79.1. The molecule has 1 amide bonds. The average Bonchev–Trinajstić information content (AvgIpc) is 3.47. The molecule has 0 heterocycles. The quantitative estimate of drug-likeness (QED) is 0.0320.